The van der Waals surface area contributed by atoms with Crippen molar-refractivity contribution in [3.05, 3.63) is 35.9 Å². The molecule has 2 aromatic rings. The molecule has 3 rings (SSSR count). The van der Waals surface area contributed by atoms with Crippen LogP contribution in [0.4, 0.5) is 5.69 Å². The molecule has 2 aromatic carbocycles. The molecule has 0 bridgehead atoms. The van der Waals surface area contributed by atoms with Gasteiger partial charge >= 0.3 is 0 Å². The molecular formula is C25H35NO6Si. The normalized spacial score (nSPS) is 16.2. The summed E-state index contributed by atoms with van der Waals surface area (Å²) in [5.74, 6) is 2.92. The average Bonchev–Trinajstić information content (AvgIpc) is 2.75. The molecule has 1 aliphatic rings. The lowest BCUT2D eigenvalue weighted by molar-refractivity contribution is -0.124. The molecule has 1 fully saturated rings. The van der Waals surface area contributed by atoms with E-state index < -0.39 is 8.32 Å². The lowest BCUT2D eigenvalue weighted by Gasteiger charge is -2.41. The maximum atomic E-state index is 12.7. The van der Waals surface area contributed by atoms with Crippen molar-refractivity contribution in [3.63, 3.8) is 0 Å². The van der Waals surface area contributed by atoms with Crippen LogP contribution in [0.5, 0.6) is 28.7 Å². The van der Waals surface area contributed by atoms with E-state index in [0.29, 0.717) is 40.9 Å². The van der Waals surface area contributed by atoms with E-state index in [4.69, 9.17) is 23.4 Å². The Morgan fingerprint density at radius 2 is 1.42 bits per heavy atom. The summed E-state index contributed by atoms with van der Waals surface area (Å²) in [6.45, 7) is 11.0. The number of hydrogen-bond acceptors (Lipinski definition) is 6. The molecular weight excluding hydrogens is 438 g/mol. The number of nitrogens with zero attached hydrogens (tertiary/aromatic N) is 1. The summed E-state index contributed by atoms with van der Waals surface area (Å²) >= 11 is 0. The van der Waals surface area contributed by atoms with Crippen LogP contribution >= 0.6 is 0 Å². The molecule has 0 saturated carbocycles. The van der Waals surface area contributed by atoms with Gasteiger partial charge in [-0.05, 0) is 35.8 Å². The second-order valence-electron chi connectivity index (χ2n) is 9.64. The first-order valence-electron chi connectivity index (χ1n) is 11.0. The van der Waals surface area contributed by atoms with E-state index in [1.165, 1.54) is 0 Å². The lowest BCUT2D eigenvalue weighted by Crippen LogP contribution is -2.47. The molecule has 0 aromatic heterocycles. The van der Waals surface area contributed by atoms with Crippen LogP contribution in [-0.2, 0) is 4.79 Å². The topological polar surface area (TPSA) is 66.5 Å². The van der Waals surface area contributed by atoms with E-state index in [1.807, 2.05) is 18.2 Å². The second-order valence-corrected chi connectivity index (χ2v) is 14.4. The number of anilines is 1. The molecule has 8 heteroatoms. The van der Waals surface area contributed by atoms with Gasteiger partial charge in [-0.2, -0.15) is 0 Å². The number of amides is 1. The van der Waals surface area contributed by atoms with Gasteiger partial charge in [0.1, 0.15) is 5.75 Å². The Balaban J connectivity index is 2.00. The van der Waals surface area contributed by atoms with Crippen LogP contribution in [0, 0.1) is 0 Å². The molecule has 1 amide bonds. The summed E-state index contributed by atoms with van der Waals surface area (Å²) in [6, 6.07) is 9.35. The van der Waals surface area contributed by atoms with E-state index in [-0.39, 0.29) is 17.0 Å². The summed E-state index contributed by atoms with van der Waals surface area (Å²) in [4.78, 5) is 14.5. The number of carbonyl (C=O) groups is 1. The number of ether oxygens (including phenoxy) is 4. The van der Waals surface area contributed by atoms with Crippen LogP contribution in [0.1, 0.15) is 38.8 Å². The maximum absolute atomic E-state index is 12.7. The first-order chi connectivity index (χ1) is 15.5. The highest BCUT2D eigenvalue weighted by Crippen LogP contribution is 2.47. The standard InChI is InChI=1S/C25H35NO6Si/c1-25(2,3)33(8,9)32-20-12-16(10-11-19(20)28-4)18-15-23(27)26(18)17-13-21(29-5)24(31-7)22(14-17)30-6/h10-14,18H,15H2,1-9H3. The maximum Gasteiger partial charge on any atom is 0.250 e. The van der Waals surface area contributed by atoms with Crippen LogP contribution in [0.15, 0.2) is 30.3 Å². The Bertz CT molecular complexity index is 1010. The van der Waals surface area contributed by atoms with Gasteiger partial charge in [-0.25, -0.2) is 0 Å². The third kappa shape index (κ3) is 4.62. The predicted molar refractivity (Wildman–Crippen MR) is 132 cm³/mol. The zero-order chi connectivity index (χ0) is 24.6. The first kappa shape index (κ1) is 24.8. The SMILES string of the molecule is COc1ccc(C2CC(=O)N2c2cc(OC)c(OC)c(OC)c2)cc1O[Si](C)(C)C(C)(C)C. The smallest absolute Gasteiger partial charge is 0.250 e. The van der Waals surface area contributed by atoms with Gasteiger partial charge in [-0.3, -0.25) is 4.79 Å². The lowest BCUT2D eigenvalue weighted by atomic mass is 9.92. The van der Waals surface area contributed by atoms with E-state index in [9.17, 15) is 4.79 Å². The third-order valence-corrected chi connectivity index (χ3v) is 11.0. The number of benzene rings is 2. The first-order valence-corrected chi connectivity index (χ1v) is 13.9. The summed E-state index contributed by atoms with van der Waals surface area (Å²) in [5.41, 5.74) is 1.67. The van der Waals surface area contributed by atoms with Gasteiger partial charge in [-0.1, -0.05) is 26.8 Å². The van der Waals surface area contributed by atoms with Crippen molar-refractivity contribution in [1.29, 1.82) is 0 Å². The molecule has 7 nitrogen and oxygen atoms in total. The van der Waals surface area contributed by atoms with Crippen molar-refractivity contribution in [2.45, 2.75) is 51.4 Å². The quantitative estimate of drug-likeness (QED) is 0.368. The number of methoxy groups -OCH3 is 4. The second kappa shape index (κ2) is 9.17. The summed E-state index contributed by atoms with van der Waals surface area (Å²) in [6.07, 6.45) is 0.405. The van der Waals surface area contributed by atoms with Crippen LogP contribution in [0.25, 0.3) is 0 Å². The molecule has 0 spiro atoms. The van der Waals surface area contributed by atoms with Gasteiger partial charge in [0.25, 0.3) is 8.32 Å². The van der Waals surface area contributed by atoms with Crippen LogP contribution in [0.3, 0.4) is 0 Å². The third-order valence-electron chi connectivity index (χ3n) is 6.62. The number of β-lactam (4-membered cyclic amide) rings is 1. The van der Waals surface area contributed by atoms with Gasteiger partial charge in [0.2, 0.25) is 11.7 Å². The van der Waals surface area contributed by atoms with Crippen LogP contribution in [-0.4, -0.2) is 42.7 Å². The van der Waals surface area contributed by atoms with Crippen LogP contribution in [0.2, 0.25) is 18.1 Å². The van der Waals surface area contributed by atoms with E-state index in [0.717, 1.165) is 5.56 Å². The van der Waals surface area contributed by atoms with Crippen molar-refractivity contribution in [3.8, 4) is 28.7 Å². The fourth-order valence-corrected chi connectivity index (χ4v) is 4.64. The minimum atomic E-state index is -2.08. The highest BCUT2D eigenvalue weighted by Gasteiger charge is 2.42. The molecule has 1 atom stereocenters. The molecule has 1 aliphatic heterocycles. The molecule has 1 saturated heterocycles. The van der Waals surface area contributed by atoms with Crippen molar-refractivity contribution in [2.24, 2.45) is 0 Å². The fourth-order valence-electron chi connectivity index (χ4n) is 3.62. The number of hydrogen-bond donors (Lipinski definition) is 0. The van der Waals surface area contributed by atoms with Gasteiger partial charge in [0.15, 0.2) is 17.2 Å². The van der Waals surface area contributed by atoms with Gasteiger partial charge in [-0.15, -0.1) is 0 Å². The summed E-state index contributed by atoms with van der Waals surface area (Å²) in [5, 5.41) is 0.0443. The van der Waals surface area contributed by atoms with Crippen molar-refractivity contribution in [2.75, 3.05) is 33.3 Å². The zero-order valence-electron chi connectivity index (χ0n) is 21.1. The number of carbonyl (C=O) groups excluding carboxylic acids is 1. The van der Waals surface area contributed by atoms with Crippen molar-refractivity contribution >= 4 is 19.9 Å². The highest BCUT2D eigenvalue weighted by molar-refractivity contribution is 6.74. The van der Waals surface area contributed by atoms with Gasteiger partial charge in [0.05, 0.1) is 46.6 Å². The Kier molecular flexibility index (Phi) is 6.88. The fraction of sp³-hybridized carbons (Fsp3) is 0.480. The number of rotatable bonds is 8. The molecule has 0 N–H and O–H groups in total. The van der Waals surface area contributed by atoms with Gasteiger partial charge < -0.3 is 28.3 Å². The van der Waals surface area contributed by atoms with E-state index >= 15 is 0 Å². The molecule has 0 aliphatic carbocycles. The monoisotopic (exact) mass is 473 g/mol. The highest BCUT2D eigenvalue weighted by atomic mass is 28.4. The zero-order valence-corrected chi connectivity index (χ0v) is 22.1. The molecule has 33 heavy (non-hydrogen) atoms. The van der Waals surface area contributed by atoms with E-state index in [2.05, 4.69) is 33.9 Å². The van der Waals surface area contributed by atoms with Crippen LogP contribution < -0.4 is 28.3 Å². The van der Waals surface area contributed by atoms with E-state index in [1.54, 1.807) is 45.5 Å². The predicted octanol–water partition coefficient (Wildman–Crippen LogP) is 5.58. The Morgan fingerprint density at radius 1 is 0.848 bits per heavy atom. The molecule has 1 unspecified atom stereocenters. The summed E-state index contributed by atoms with van der Waals surface area (Å²) < 4.78 is 28.5. The Morgan fingerprint density at radius 3 is 1.88 bits per heavy atom. The summed E-state index contributed by atoms with van der Waals surface area (Å²) in [7, 11) is 4.24. The van der Waals surface area contributed by atoms with Gasteiger partial charge in [0, 0.05) is 12.1 Å². The largest absolute Gasteiger partial charge is 0.541 e. The minimum Gasteiger partial charge on any atom is -0.541 e. The Hall–Kier alpha value is -2.87. The molecule has 0 radical (unpaired) electrons. The molecule has 180 valence electrons. The average molecular weight is 474 g/mol. The Labute approximate surface area is 197 Å². The molecule has 1 heterocycles. The van der Waals surface area contributed by atoms with Crippen molar-refractivity contribution < 1.29 is 28.2 Å². The van der Waals surface area contributed by atoms with Crippen molar-refractivity contribution in [1.82, 2.24) is 0 Å². The minimum absolute atomic E-state index is 0.0250.